The van der Waals surface area contributed by atoms with Gasteiger partial charge in [0, 0.05) is 53.4 Å². The maximum absolute atomic E-state index is 12.9. The smallest absolute Gasteiger partial charge is 0.251 e. The number of hydrogen-bond donors (Lipinski definition) is 3. The van der Waals surface area contributed by atoms with Gasteiger partial charge in [-0.15, -0.1) is 11.3 Å². The van der Waals surface area contributed by atoms with E-state index in [0.717, 1.165) is 47.1 Å². The van der Waals surface area contributed by atoms with Gasteiger partial charge in [-0.3, -0.25) is 14.0 Å². The number of hydrogen-bond acceptors (Lipinski definition) is 8. The highest BCUT2D eigenvalue weighted by Crippen LogP contribution is 2.35. The standard InChI is InChI=1S/C37H36N8O2S/c46-32(23-26-9-3-1-4-10-26)40-29-13-7-11-27(24-29)33-34(45-21-22-48-37(45)43-33)31-15-16-39-36(42-31)41-30-14-8-12-28(25-30)35(47)38-17-20-44-18-5-2-6-19-44/h1,3-4,7-16,21-22,24-25H,2,5-6,17-20,23H2,(H,38,47)(H,40,46)(H,39,41,42). The highest BCUT2D eigenvalue weighted by Gasteiger charge is 2.19. The highest BCUT2D eigenvalue weighted by atomic mass is 32.1. The summed E-state index contributed by atoms with van der Waals surface area (Å²) in [6, 6.07) is 26.6. The van der Waals surface area contributed by atoms with Gasteiger partial charge in [0.2, 0.25) is 11.9 Å². The van der Waals surface area contributed by atoms with E-state index in [9.17, 15) is 9.59 Å². The molecular weight excluding hydrogens is 621 g/mol. The molecule has 1 aliphatic rings. The molecule has 1 saturated heterocycles. The summed E-state index contributed by atoms with van der Waals surface area (Å²) >= 11 is 1.53. The van der Waals surface area contributed by atoms with Crippen molar-refractivity contribution in [1.29, 1.82) is 0 Å². The molecule has 0 aliphatic carbocycles. The molecule has 0 saturated carbocycles. The van der Waals surface area contributed by atoms with Gasteiger partial charge in [0.25, 0.3) is 5.91 Å². The van der Waals surface area contributed by atoms with E-state index >= 15 is 0 Å². The molecule has 6 aromatic rings. The Labute approximate surface area is 282 Å². The number of amides is 2. The van der Waals surface area contributed by atoms with Crippen molar-refractivity contribution in [1.82, 2.24) is 29.6 Å². The number of aromatic nitrogens is 4. The Bertz CT molecular complexity index is 2030. The summed E-state index contributed by atoms with van der Waals surface area (Å²) in [5.74, 6) is 0.204. The molecule has 1 fully saturated rings. The van der Waals surface area contributed by atoms with Gasteiger partial charge >= 0.3 is 0 Å². The topological polar surface area (TPSA) is 117 Å². The van der Waals surface area contributed by atoms with Gasteiger partial charge in [-0.2, -0.15) is 0 Å². The van der Waals surface area contributed by atoms with Crippen molar-refractivity contribution in [3.8, 4) is 22.6 Å². The third kappa shape index (κ3) is 7.43. The molecule has 4 heterocycles. The molecule has 1 aliphatic heterocycles. The van der Waals surface area contributed by atoms with Crippen LogP contribution >= 0.6 is 11.3 Å². The zero-order chi connectivity index (χ0) is 32.7. The fraction of sp³-hybridized carbons (Fsp3) is 0.216. The number of imidazole rings is 1. The van der Waals surface area contributed by atoms with Crippen molar-refractivity contribution in [2.24, 2.45) is 0 Å². The number of nitrogens with zero attached hydrogens (tertiary/aromatic N) is 5. The monoisotopic (exact) mass is 656 g/mol. The zero-order valence-electron chi connectivity index (χ0n) is 26.4. The van der Waals surface area contributed by atoms with Crippen molar-refractivity contribution in [2.45, 2.75) is 25.7 Å². The number of nitrogens with one attached hydrogen (secondary N) is 3. The second kappa shape index (κ2) is 14.6. The molecule has 7 rings (SSSR count). The van der Waals surface area contributed by atoms with Crippen molar-refractivity contribution >= 4 is 45.4 Å². The first-order chi connectivity index (χ1) is 23.6. The summed E-state index contributed by atoms with van der Waals surface area (Å²) in [5.41, 5.74) is 6.02. The number of benzene rings is 3. The van der Waals surface area contributed by atoms with Crippen molar-refractivity contribution < 1.29 is 9.59 Å². The summed E-state index contributed by atoms with van der Waals surface area (Å²) < 4.78 is 2.02. The normalized spacial score (nSPS) is 13.3. The molecule has 0 bridgehead atoms. The summed E-state index contributed by atoms with van der Waals surface area (Å²) in [5, 5.41) is 11.3. The number of rotatable bonds is 11. The van der Waals surface area contributed by atoms with Crippen LogP contribution in [0.2, 0.25) is 0 Å². The predicted molar refractivity (Wildman–Crippen MR) is 191 cm³/mol. The Morgan fingerprint density at radius 3 is 2.56 bits per heavy atom. The highest BCUT2D eigenvalue weighted by molar-refractivity contribution is 7.15. The zero-order valence-corrected chi connectivity index (χ0v) is 27.2. The first kappa shape index (κ1) is 31.2. The quantitative estimate of drug-likeness (QED) is 0.143. The largest absolute Gasteiger partial charge is 0.351 e. The van der Waals surface area contributed by atoms with E-state index in [1.165, 1.54) is 30.6 Å². The second-order valence-corrected chi connectivity index (χ2v) is 12.7. The maximum atomic E-state index is 12.9. The van der Waals surface area contributed by atoms with Crippen LogP contribution in [0, 0.1) is 0 Å². The molecule has 0 spiro atoms. The van der Waals surface area contributed by atoms with E-state index in [1.807, 2.05) is 101 Å². The first-order valence-electron chi connectivity index (χ1n) is 16.2. The molecule has 242 valence electrons. The van der Waals surface area contributed by atoms with Crippen LogP contribution in [0.1, 0.15) is 35.2 Å². The summed E-state index contributed by atoms with van der Waals surface area (Å²) in [4.78, 5) is 43.2. The average Bonchev–Trinajstić information content (AvgIpc) is 3.72. The van der Waals surface area contributed by atoms with Gasteiger partial charge in [0.15, 0.2) is 4.96 Å². The Hall–Kier alpha value is -5.39. The molecule has 11 heteroatoms. The molecule has 10 nitrogen and oxygen atoms in total. The third-order valence-corrected chi connectivity index (χ3v) is 9.09. The average molecular weight is 657 g/mol. The minimum absolute atomic E-state index is 0.0880. The van der Waals surface area contributed by atoms with Gasteiger partial charge < -0.3 is 20.9 Å². The van der Waals surface area contributed by atoms with Crippen molar-refractivity contribution in [3.63, 3.8) is 0 Å². The van der Waals surface area contributed by atoms with Crippen LogP contribution in [0.15, 0.2) is 103 Å². The fourth-order valence-electron chi connectivity index (χ4n) is 5.99. The number of carbonyl (C=O) groups is 2. The molecule has 0 unspecified atom stereocenters. The Morgan fingerprint density at radius 1 is 0.854 bits per heavy atom. The third-order valence-electron chi connectivity index (χ3n) is 8.33. The lowest BCUT2D eigenvalue weighted by Gasteiger charge is -2.26. The fourth-order valence-corrected chi connectivity index (χ4v) is 6.71. The molecule has 0 radical (unpaired) electrons. The van der Waals surface area contributed by atoms with Crippen LogP contribution in [0.4, 0.5) is 17.3 Å². The van der Waals surface area contributed by atoms with Crippen LogP contribution in [0.5, 0.6) is 0 Å². The van der Waals surface area contributed by atoms with E-state index in [-0.39, 0.29) is 11.8 Å². The van der Waals surface area contributed by atoms with E-state index < -0.39 is 0 Å². The SMILES string of the molecule is O=C(Cc1ccccc1)Nc1cccc(-c2nc3sccn3c2-c2ccnc(Nc3cccc(C(=O)NCCN4CCCCC4)c3)n2)c1. The van der Waals surface area contributed by atoms with Crippen LogP contribution in [-0.4, -0.2) is 62.2 Å². The summed E-state index contributed by atoms with van der Waals surface area (Å²) in [6.45, 7) is 3.69. The lowest BCUT2D eigenvalue weighted by molar-refractivity contribution is -0.115. The van der Waals surface area contributed by atoms with Gasteiger partial charge in [-0.25, -0.2) is 15.0 Å². The van der Waals surface area contributed by atoms with Crippen molar-refractivity contribution in [3.05, 3.63) is 114 Å². The molecule has 3 N–H and O–H groups in total. The number of likely N-dealkylation sites (tertiary alicyclic amines) is 1. The van der Waals surface area contributed by atoms with Gasteiger partial charge in [0.1, 0.15) is 5.69 Å². The minimum Gasteiger partial charge on any atom is -0.351 e. The number of thiazole rings is 1. The lowest BCUT2D eigenvalue weighted by atomic mass is 10.1. The number of carbonyl (C=O) groups excluding carboxylic acids is 2. The number of anilines is 3. The molecule has 3 aromatic carbocycles. The number of fused-ring (bicyclic) bond motifs is 1. The van der Waals surface area contributed by atoms with E-state index in [0.29, 0.717) is 41.5 Å². The van der Waals surface area contributed by atoms with Crippen molar-refractivity contribution in [2.75, 3.05) is 36.8 Å². The van der Waals surface area contributed by atoms with Crippen LogP contribution < -0.4 is 16.0 Å². The Balaban J connectivity index is 1.08. The molecule has 0 atom stereocenters. The van der Waals surface area contributed by atoms with Crippen LogP contribution in [0.25, 0.3) is 27.6 Å². The predicted octanol–water partition coefficient (Wildman–Crippen LogP) is 6.66. The lowest BCUT2D eigenvalue weighted by Crippen LogP contribution is -2.37. The summed E-state index contributed by atoms with van der Waals surface area (Å²) in [7, 11) is 0. The maximum Gasteiger partial charge on any atom is 0.251 e. The Morgan fingerprint density at radius 2 is 1.69 bits per heavy atom. The van der Waals surface area contributed by atoms with E-state index in [1.54, 1.807) is 6.20 Å². The van der Waals surface area contributed by atoms with Crippen LogP contribution in [0.3, 0.4) is 0 Å². The minimum atomic E-state index is -0.104. The van der Waals surface area contributed by atoms with Gasteiger partial charge in [0.05, 0.1) is 17.8 Å². The van der Waals surface area contributed by atoms with Gasteiger partial charge in [-0.1, -0.05) is 55.0 Å². The van der Waals surface area contributed by atoms with Gasteiger partial charge in [-0.05, 0) is 67.9 Å². The molecule has 2 amide bonds. The van der Waals surface area contributed by atoms with Crippen LogP contribution in [-0.2, 0) is 11.2 Å². The summed E-state index contributed by atoms with van der Waals surface area (Å²) in [6.07, 6.45) is 7.72. The molecule has 3 aromatic heterocycles. The Kier molecular flexibility index (Phi) is 9.48. The van der Waals surface area contributed by atoms with E-state index in [4.69, 9.17) is 9.97 Å². The molecular formula is C37H36N8O2S. The number of piperidine rings is 1. The molecule has 48 heavy (non-hydrogen) atoms. The van der Waals surface area contributed by atoms with E-state index in [2.05, 4.69) is 25.8 Å². The second-order valence-electron chi connectivity index (χ2n) is 11.8. The first-order valence-corrected chi connectivity index (χ1v) is 17.1.